The number of aromatic amines is 1. The molecule has 1 unspecified atom stereocenters. The number of primary amides is 1. The molecular weight excluding hydrogens is 1170 g/mol. The molecule has 10 amide bonds. The van der Waals surface area contributed by atoms with Crippen LogP contribution in [0, 0.1) is 12.3 Å². The molecule has 2 aromatic heterocycles. The normalized spacial score (nSPS) is 15.2. The second kappa shape index (κ2) is 30.4. The van der Waals surface area contributed by atoms with Crippen LogP contribution < -0.4 is 41.4 Å². The Morgan fingerprint density at radius 3 is 2.33 bits per heavy atom. The van der Waals surface area contributed by atoms with E-state index in [9.17, 15) is 43.2 Å². The summed E-state index contributed by atoms with van der Waals surface area (Å²) in [5, 5.41) is 14.3. The largest absolute Gasteiger partial charge is 0.492 e. The van der Waals surface area contributed by atoms with Gasteiger partial charge in [-0.15, -0.1) is 22.9 Å². The van der Waals surface area contributed by atoms with E-state index in [-0.39, 0.29) is 87.5 Å². The number of halogens is 1. The maximum absolute atomic E-state index is 14.1. The van der Waals surface area contributed by atoms with E-state index in [1.807, 2.05) is 50.4 Å². The Morgan fingerprint density at radius 1 is 0.886 bits per heavy atom. The fourth-order valence-corrected chi connectivity index (χ4v) is 12.4. The number of carbonyl (C=O) groups is 9. The highest BCUT2D eigenvalue weighted by molar-refractivity contribution is 7.17. The molecule has 3 aliphatic heterocycles. The number of hydrogen-bond donors (Lipinski definition) is 6. The number of aryl methyl sites for hydroxylation is 1. The van der Waals surface area contributed by atoms with Gasteiger partial charge in [0, 0.05) is 129 Å². The van der Waals surface area contributed by atoms with Crippen LogP contribution >= 0.6 is 22.9 Å². The van der Waals surface area contributed by atoms with Gasteiger partial charge < -0.3 is 60.9 Å². The van der Waals surface area contributed by atoms with Crippen LogP contribution in [-0.2, 0) is 40.1 Å². The van der Waals surface area contributed by atoms with Gasteiger partial charge in [-0.2, -0.15) is 0 Å². The van der Waals surface area contributed by atoms with Crippen molar-refractivity contribution in [1.29, 1.82) is 0 Å². The van der Waals surface area contributed by atoms with Crippen LogP contribution in [0.25, 0.3) is 27.1 Å². The highest BCUT2D eigenvalue weighted by Crippen LogP contribution is 2.49. The molecule has 1 saturated heterocycles. The Kier molecular flexibility index (Phi) is 22.6. The van der Waals surface area contributed by atoms with Crippen molar-refractivity contribution in [2.45, 2.75) is 90.7 Å². The number of carbonyl (C=O) groups excluding carboxylic acids is 9. The average molecular weight is 1250 g/mol. The van der Waals surface area contributed by atoms with Crippen LogP contribution in [0.5, 0.6) is 11.5 Å². The van der Waals surface area contributed by atoms with Gasteiger partial charge in [-0.25, -0.2) is 14.4 Å². The number of nitrogens with one attached hydrogen (secondary N) is 5. The lowest BCUT2D eigenvalue weighted by Gasteiger charge is -2.33. The summed E-state index contributed by atoms with van der Waals surface area (Å²) in [7, 11) is 3.22. The molecule has 3 aliphatic rings. The molecule has 23 nitrogen and oxygen atoms in total. The van der Waals surface area contributed by atoms with Gasteiger partial charge in [0.15, 0.2) is 5.75 Å². The van der Waals surface area contributed by atoms with Gasteiger partial charge in [0.2, 0.25) is 17.7 Å². The van der Waals surface area contributed by atoms with Crippen molar-refractivity contribution < 1.29 is 57.4 Å². The average Bonchev–Trinajstić information content (AvgIpc) is 1.60. The van der Waals surface area contributed by atoms with Gasteiger partial charge in [0.25, 0.3) is 17.7 Å². The fourth-order valence-electron chi connectivity index (χ4n) is 11.2. The highest BCUT2D eigenvalue weighted by atomic mass is 35.5. The molecule has 2 atom stereocenters. The third-order valence-electron chi connectivity index (χ3n) is 15.4. The Labute approximate surface area is 520 Å². The summed E-state index contributed by atoms with van der Waals surface area (Å²) in [5.41, 5.74) is 9.77. The molecular formula is C63H78ClN11O12S. The van der Waals surface area contributed by atoms with E-state index in [0.717, 1.165) is 68.1 Å². The van der Waals surface area contributed by atoms with Gasteiger partial charge in [-0.05, 0) is 123 Å². The number of ether oxygens (including phenoxy) is 3. The zero-order valence-corrected chi connectivity index (χ0v) is 52.0. The van der Waals surface area contributed by atoms with Crippen LogP contribution in [0.2, 0.25) is 0 Å². The number of rotatable bonds is 29. The molecule has 7 N–H and O–H groups in total. The molecule has 0 radical (unpaired) electrons. The van der Waals surface area contributed by atoms with Gasteiger partial charge in [0.1, 0.15) is 25.0 Å². The first-order valence-corrected chi connectivity index (χ1v) is 31.0. The molecule has 0 aliphatic carbocycles. The van der Waals surface area contributed by atoms with Crippen LogP contribution in [0.4, 0.5) is 25.8 Å². The number of H-pyrrole nitrogens is 1. The van der Waals surface area contributed by atoms with Crippen molar-refractivity contribution in [2.75, 3.05) is 95.7 Å². The van der Waals surface area contributed by atoms with Crippen molar-refractivity contribution in [3.05, 3.63) is 101 Å². The number of likely N-dealkylation sites (tertiary alicyclic amines) is 1. The van der Waals surface area contributed by atoms with Gasteiger partial charge in [-0.3, -0.25) is 38.6 Å². The van der Waals surface area contributed by atoms with Crippen molar-refractivity contribution in [3.63, 3.8) is 0 Å². The number of benzene rings is 3. The number of anilines is 2. The van der Waals surface area contributed by atoms with Crippen molar-refractivity contribution in [3.8, 4) is 11.5 Å². The second-order valence-corrected chi connectivity index (χ2v) is 24.4. The van der Waals surface area contributed by atoms with E-state index in [4.69, 9.17) is 31.5 Å². The first kappa shape index (κ1) is 65.5. The number of nitrogens with two attached hydrogens (primary N) is 1. The van der Waals surface area contributed by atoms with E-state index >= 15 is 0 Å². The van der Waals surface area contributed by atoms with Crippen LogP contribution in [0.1, 0.15) is 93.5 Å². The summed E-state index contributed by atoms with van der Waals surface area (Å²) in [6, 6.07) is 14.4. The van der Waals surface area contributed by atoms with Crippen molar-refractivity contribution >= 4 is 115 Å². The molecule has 1 fully saturated rings. The standard InChI is InChI=1S/C63H78ClN11O12S/c1-40-37-88-58-50(32-49-57(56(40)58)43(33-64)35-75(49)55(80)21-18-45-30-42-31-46(19-20-47(42)68-45)85-29-28-73-25-9-10-26-73)87-62(84)72(5)39-63(2,3)38-71(4)61(83)86-36-41-14-16-44(17-15-41)69-59(81)48(12-11-24-66-60(65)82)70-52(77)34-67-51(76)13-7-6-8-27-74-53(78)22-23-54(74)79/h14-23,30-32,37,43,48,68H,6-13,24-29,33-36,38-39H2,1-5H3,(H,67,76)(H,69,81)(H,70,77)(H3,65,66,82)/b21-18+/t43-,48?/m1/s1. The fraction of sp³-hybridized carbons (Fsp3) is 0.444. The smallest absolute Gasteiger partial charge is 0.415 e. The monoisotopic (exact) mass is 1250 g/mol. The summed E-state index contributed by atoms with van der Waals surface area (Å²) in [6.45, 7) is 10.2. The number of nitrogens with zero attached hydrogens (tertiary/aromatic N) is 5. The zero-order valence-electron chi connectivity index (χ0n) is 50.4. The quantitative estimate of drug-likeness (QED) is 0.0116. The maximum atomic E-state index is 14.1. The van der Waals surface area contributed by atoms with Crippen LogP contribution in [0.15, 0.2) is 78.2 Å². The van der Waals surface area contributed by atoms with Crippen LogP contribution in [-0.4, -0.2) is 170 Å². The topological polar surface area (TPSA) is 287 Å². The minimum Gasteiger partial charge on any atom is -0.492 e. The number of hydrogen-bond acceptors (Lipinski definition) is 14. The van der Waals surface area contributed by atoms with E-state index in [0.29, 0.717) is 55.1 Å². The van der Waals surface area contributed by atoms with Gasteiger partial charge in [0.05, 0.1) is 16.9 Å². The Bertz CT molecular complexity index is 3430. The summed E-state index contributed by atoms with van der Waals surface area (Å²) in [6.07, 6.45) is 9.07. The van der Waals surface area contributed by atoms with Gasteiger partial charge in [-0.1, -0.05) is 32.4 Å². The number of alkyl halides is 1. The molecule has 0 bridgehead atoms. The Balaban J connectivity index is 0.797. The maximum Gasteiger partial charge on any atom is 0.415 e. The molecule has 5 heterocycles. The first-order chi connectivity index (χ1) is 42.1. The summed E-state index contributed by atoms with van der Waals surface area (Å²) >= 11 is 8.05. The lowest BCUT2D eigenvalue weighted by molar-refractivity contribution is -0.137. The van der Waals surface area contributed by atoms with E-state index in [1.165, 1.54) is 52.2 Å². The molecule has 88 heavy (non-hydrogen) atoms. The minimum absolute atomic E-state index is 0.0950. The third kappa shape index (κ3) is 17.8. The van der Waals surface area contributed by atoms with E-state index in [1.54, 1.807) is 55.4 Å². The van der Waals surface area contributed by atoms with Gasteiger partial charge >= 0.3 is 18.2 Å². The molecule has 8 rings (SSSR count). The predicted octanol–water partition coefficient (Wildman–Crippen LogP) is 7.75. The number of unbranched alkanes of at least 4 members (excludes halogenated alkanes) is 2. The van der Waals surface area contributed by atoms with Crippen molar-refractivity contribution in [2.24, 2.45) is 11.1 Å². The van der Waals surface area contributed by atoms with Crippen LogP contribution in [0.3, 0.4) is 0 Å². The lowest BCUT2D eigenvalue weighted by Crippen LogP contribution is -2.47. The number of imide groups is 1. The molecule has 25 heteroatoms. The second-order valence-electron chi connectivity index (χ2n) is 23.2. The zero-order chi connectivity index (χ0) is 63.1. The lowest BCUT2D eigenvalue weighted by atomic mass is 9.92. The Hall–Kier alpha value is -8.48. The number of urea groups is 1. The summed E-state index contributed by atoms with van der Waals surface area (Å²) in [4.78, 5) is 126. The molecule has 5 aromatic rings. The van der Waals surface area contributed by atoms with E-state index in [2.05, 4.69) is 31.2 Å². The van der Waals surface area contributed by atoms with E-state index < -0.39 is 48.0 Å². The molecule has 3 aromatic carbocycles. The predicted molar refractivity (Wildman–Crippen MR) is 337 cm³/mol. The highest BCUT2D eigenvalue weighted by Gasteiger charge is 2.36. The first-order valence-electron chi connectivity index (χ1n) is 29.6. The summed E-state index contributed by atoms with van der Waals surface area (Å²) in [5.74, 6) is -1.29. The molecule has 470 valence electrons. The summed E-state index contributed by atoms with van der Waals surface area (Å²) < 4.78 is 18.6. The third-order valence-corrected chi connectivity index (χ3v) is 16.9. The van der Waals surface area contributed by atoms with Crippen molar-refractivity contribution in [1.82, 2.24) is 40.5 Å². The molecule has 0 saturated carbocycles. The molecule has 0 spiro atoms. The number of amides is 10. The Morgan fingerprint density at radius 2 is 1.61 bits per heavy atom. The number of thiophene rings is 1. The number of fused-ring (bicyclic) bond motifs is 4. The SMILES string of the molecule is Cc1csc2c(OC(=O)N(C)CC(C)(C)CN(C)C(=O)OCc3ccc(NC(=O)C(CCCNC(N)=O)NC(=O)CNC(=O)CCCCCN4C(=O)C=CC4=O)cc3)cc3c(c12)[C@H](CCl)CN3C(=O)/C=C/c1cc2cc(OCCN3CCCC3)ccc2[nH]1. The number of aromatic nitrogens is 1. The minimum atomic E-state index is -1.05.